The molecule has 0 aromatic rings. The van der Waals surface area contributed by atoms with E-state index in [0.29, 0.717) is 16.6 Å². The van der Waals surface area contributed by atoms with Gasteiger partial charge in [0.2, 0.25) is 0 Å². The van der Waals surface area contributed by atoms with Crippen LogP contribution in [0, 0.1) is 34.5 Å². The lowest BCUT2D eigenvalue weighted by atomic mass is 9.70. The normalized spacial score (nSPS) is 29.3. The third-order valence-corrected chi connectivity index (χ3v) is 5.63. The van der Waals surface area contributed by atoms with Crippen molar-refractivity contribution in [2.24, 2.45) is 23.2 Å². The third kappa shape index (κ3) is 4.84. The Bertz CT molecular complexity index is 284. The Labute approximate surface area is 118 Å². The van der Waals surface area contributed by atoms with E-state index in [4.69, 9.17) is 0 Å². The number of hydrogen-bond donors (Lipinski definition) is 0. The fourth-order valence-corrected chi connectivity index (χ4v) is 4.41. The SMILES string of the molecule is CC(C)CCSC1CC(C(C)(C)C)CCC1C#N. The van der Waals surface area contributed by atoms with Crippen LogP contribution in [-0.2, 0) is 0 Å². The van der Waals surface area contributed by atoms with Gasteiger partial charge in [0.25, 0.3) is 0 Å². The quantitative estimate of drug-likeness (QED) is 0.706. The number of nitrogens with zero attached hydrogens (tertiary/aromatic N) is 1. The molecule has 0 aromatic heterocycles. The molecule has 1 fully saturated rings. The van der Waals surface area contributed by atoms with E-state index in [9.17, 15) is 5.26 Å². The lowest BCUT2D eigenvalue weighted by Crippen LogP contribution is -2.33. The predicted octanol–water partition coefficient (Wildman–Crippen LogP) is 5.12. The first-order chi connectivity index (χ1) is 8.34. The topological polar surface area (TPSA) is 23.8 Å². The van der Waals surface area contributed by atoms with Crippen LogP contribution in [0.15, 0.2) is 0 Å². The highest BCUT2D eigenvalue weighted by Crippen LogP contribution is 2.44. The maximum absolute atomic E-state index is 9.30. The fraction of sp³-hybridized carbons (Fsp3) is 0.938. The minimum absolute atomic E-state index is 0.292. The Morgan fingerprint density at radius 1 is 1.28 bits per heavy atom. The van der Waals surface area contributed by atoms with Crippen molar-refractivity contribution in [2.75, 3.05) is 5.75 Å². The van der Waals surface area contributed by atoms with Crippen LogP contribution in [0.1, 0.15) is 60.3 Å². The van der Waals surface area contributed by atoms with Crippen LogP contribution in [0.3, 0.4) is 0 Å². The monoisotopic (exact) mass is 267 g/mol. The molecule has 1 aliphatic rings. The van der Waals surface area contributed by atoms with Gasteiger partial charge in [-0.15, -0.1) is 0 Å². The summed E-state index contributed by atoms with van der Waals surface area (Å²) in [5.74, 6) is 3.08. The first-order valence-corrected chi connectivity index (χ1v) is 8.40. The summed E-state index contributed by atoms with van der Waals surface area (Å²) in [6.45, 7) is 11.6. The zero-order valence-electron chi connectivity index (χ0n) is 12.7. The highest BCUT2D eigenvalue weighted by Gasteiger charge is 2.35. The van der Waals surface area contributed by atoms with E-state index in [-0.39, 0.29) is 0 Å². The van der Waals surface area contributed by atoms with Crippen LogP contribution in [-0.4, -0.2) is 11.0 Å². The Morgan fingerprint density at radius 3 is 2.44 bits per heavy atom. The number of hydrogen-bond acceptors (Lipinski definition) is 2. The average molecular weight is 267 g/mol. The van der Waals surface area contributed by atoms with Gasteiger partial charge in [-0.25, -0.2) is 0 Å². The van der Waals surface area contributed by atoms with Gasteiger partial charge in [-0.2, -0.15) is 17.0 Å². The maximum atomic E-state index is 9.30. The van der Waals surface area contributed by atoms with Crippen molar-refractivity contribution >= 4 is 11.8 Å². The van der Waals surface area contributed by atoms with Crippen LogP contribution >= 0.6 is 11.8 Å². The molecule has 3 unspecified atom stereocenters. The van der Waals surface area contributed by atoms with Gasteiger partial charge in [0.1, 0.15) is 0 Å². The van der Waals surface area contributed by atoms with Crippen LogP contribution in [0.2, 0.25) is 0 Å². The molecule has 0 aromatic carbocycles. The zero-order valence-corrected chi connectivity index (χ0v) is 13.5. The highest BCUT2D eigenvalue weighted by atomic mass is 32.2. The highest BCUT2D eigenvalue weighted by molar-refractivity contribution is 7.99. The van der Waals surface area contributed by atoms with Gasteiger partial charge in [-0.05, 0) is 48.7 Å². The van der Waals surface area contributed by atoms with Gasteiger partial charge < -0.3 is 0 Å². The van der Waals surface area contributed by atoms with E-state index in [0.717, 1.165) is 18.3 Å². The van der Waals surface area contributed by atoms with E-state index in [2.05, 4.69) is 52.4 Å². The van der Waals surface area contributed by atoms with Gasteiger partial charge in [0, 0.05) is 5.25 Å². The third-order valence-electron chi connectivity index (χ3n) is 4.21. The molecule has 2 heteroatoms. The fourth-order valence-electron chi connectivity index (χ4n) is 2.70. The molecule has 0 radical (unpaired) electrons. The van der Waals surface area contributed by atoms with Gasteiger partial charge in [0.05, 0.1) is 12.0 Å². The lowest BCUT2D eigenvalue weighted by Gasteiger charge is -2.39. The molecule has 1 aliphatic carbocycles. The van der Waals surface area contributed by atoms with Crippen LogP contribution in [0.25, 0.3) is 0 Å². The van der Waals surface area contributed by atoms with Gasteiger partial charge in [-0.3, -0.25) is 0 Å². The molecular weight excluding hydrogens is 238 g/mol. The van der Waals surface area contributed by atoms with E-state index in [1.165, 1.54) is 25.0 Å². The average Bonchev–Trinajstić information content (AvgIpc) is 2.27. The van der Waals surface area contributed by atoms with Crippen molar-refractivity contribution in [3.8, 4) is 6.07 Å². The maximum Gasteiger partial charge on any atom is 0.0667 e. The largest absolute Gasteiger partial charge is 0.198 e. The van der Waals surface area contributed by atoms with E-state index < -0.39 is 0 Å². The number of rotatable bonds is 4. The van der Waals surface area contributed by atoms with Crippen LogP contribution < -0.4 is 0 Å². The minimum Gasteiger partial charge on any atom is -0.198 e. The molecule has 0 bridgehead atoms. The molecule has 104 valence electrons. The molecule has 1 rings (SSSR count). The van der Waals surface area contributed by atoms with E-state index in [1.54, 1.807) is 0 Å². The summed E-state index contributed by atoms with van der Waals surface area (Å²) in [5, 5.41) is 9.87. The Kier molecular flexibility index (Phi) is 6.05. The van der Waals surface area contributed by atoms with Crippen molar-refractivity contribution < 1.29 is 0 Å². The first kappa shape index (κ1) is 15.9. The van der Waals surface area contributed by atoms with Crippen LogP contribution in [0.5, 0.6) is 0 Å². The van der Waals surface area contributed by atoms with Crippen LogP contribution in [0.4, 0.5) is 0 Å². The van der Waals surface area contributed by atoms with E-state index >= 15 is 0 Å². The Balaban J connectivity index is 2.52. The molecule has 0 heterocycles. The van der Waals surface area contributed by atoms with Crippen molar-refractivity contribution in [1.29, 1.82) is 5.26 Å². The molecule has 0 spiro atoms. The Hall–Kier alpha value is -0.160. The van der Waals surface area contributed by atoms with Crippen molar-refractivity contribution in [2.45, 2.75) is 65.6 Å². The van der Waals surface area contributed by atoms with Crippen molar-refractivity contribution in [3.05, 3.63) is 0 Å². The second-order valence-corrected chi connectivity index (χ2v) is 8.55. The second kappa shape index (κ2) is 6.85. The molecule has 1 nitrogen and oxygen atoms in total. The molecule has 3 atom stereocenters. The van der Waals surface area contributed by atoms with Crippen molar-refractivity contribution in [3.63, 3.8) is 0 Å². The number of nitriles is 1. The first-order valence-electron chi connectivity index (χ1n) is 7.35. The lowest BCUT2D eigenvalue weighted by molar-refractivity contribution is 0.169. The molecule has 0 aliphatic heterocycles. The summed E-state index contributed by atoms with van der Waals surface area (Å²) in [4.78, 5) is 0. The molecule has 0 saturated heterocycles. The minimum atomic E-state index is 0.292. The Morgan fingerprint density at radius 2 is 1.94 bits per heavy atom. The molecule has 0 N–H and O–H groups in total. The summed E-state index contributed by atoms with van der Waals surface area (Å²) in [6.07, 6.45) is 4.87. The molecule has 1 saturated carbocycles. The predicted molar refractivity (Wildman–Crippen MR) is 81.6 cm³/mol. The summed E-state index contributed by atoms with van der Waals surface area (Å²) in [6, 6.07) is 2.54. The number of thioether (sulfide) groups is 1. The standard InChI is InChI=1S/C16H29NS/c1-12(2)8-9-18-15-10-14(16(3,4)5)7-6-13(15)11-17/h12-15H,6-10H2,1-5H3. The summed E-state index contributed by atoms with van der Waals surface area (Å²) < 4.78 is 0. The smallest absolute Gasteiger partial charge is 0.0667 e. The summed E-state index contributed by atoms with van der Waals surface area (Å²) in [7, 11) is 0. The molecular formula is C16H29NS. The van der Waals surface area contributed by atoms with Gasteiger partial charge in [-0.1, -0.05) is 34.6 Å². The van der Waals surface area contributed by atoms with Gasteiger partial charge in [0.15, 0.2) is 0 Å². The molecule has 0 amide bonds. The van der Waals surface area contributed by atoms with Crippen molar-refractivity contribution in [1.82, 2.24) is 0 Å². The second-order valence-electron chi connectivity index (χ2n) is 7.20. The van der Waals surface area contributed by atoms with E-state index in [1.807, 2.05) is 0 Å². The summed E-state index contributed by atoms with van der Waals surface area (Å²) in [5.41, 5.74) is 0.400. The zero-order chi connectivity index (χ0) is 13.8. The molecule has 18 heavy (non-hydrogen) atoms. The van der Waals surface area contributed by atoms with Gasteiger partial charge >= 0.3 is 0 Å². The summed E-state index contributed by atoms with van der Waals surface area (Å²) >= 11 is 2.06.